The molecule has 0 bridgehead atoms. The predicted octanol–water partition coefficient (Wildman–Crippen LogP) is 3.44. The van der Waals surface area contributed by atoms with E-state index in [1.807, 2.05) is 48.5 Å². The van der Waals surface area contributed by atoms with Crippen LogP contribution in [-0.4, -0.2) is 14.4 Å². The summed E-state index contributed by atoms with van der Waals surface area (Å²) in [6, 6.07) is 18.1. The standard InChI is InChI=1S/C17H14N4/c1-11-15(12-7-3-2-4-8-12)20-16(18)17-19-13-9-5-6-10-14(13)21(11)17/h2-10H,1H3,(H2,18,20). The molecule has 2 N–H and O–H groups in total. The van der Waals surface area contributed by atoms with Gasteiger partial charge in [-0.05, 0) is 19.1 Å². The molecule has 2 aromatic heterocycles. The Kier molecular flexibility index (Phi) is 2.44. The smallest absolute Gasteiger partial charge is 0.181 e. The molecule has 0 spiro atoms. The number of fused-ring (bicyclic) bond motifs is 3. The third-order valence-corrected chi connectivity index (χ3v) is 3.75. The Morgan fingerprint density at radius 3 is 2.43 bits per heavy atom. The first kappa shape index (κ1) is 11.9. The van der Waals surface area contributed by atoms with Crippen molar-refractivity contribution < 1.29 is 0 Å². The van der Waals surface area contributed by atoms with Gasteiger partial charge in [-0.1, -0.05) is 42.5 Å². The molecule has 0 unspecified atom stereocenters. The fourth-order valence-electron chi connectivity index (χ4n) is 2.76. The quantitative estimate of drug-likeness (QED) is 0.578. The van der Waals surface area contributed by atoms with Gasteiger partial charge in [-0.25, -0.2) is 9.97 Å². The molecule has 4 aromatic rings. The summed E-state index contributed by atoms with van der Waals surface area (Å²) in [5, 5.41) is 0. The summed E-state index contributed by atoms with van der Waals surface area (Å²) in [7, 11) is 0. The molecule has 0 saturated heterocycles. The molecule has 2 aromatic carbocycles. The second kappa shape index (κ2) is 4.31. The zero-order chi connectivity index (χ0) is 14.4. The molecule has 4 nitrogen and oxygen atoms in total. The summed E-state index contributed by atoms with van der Waals surface area (Å²) in [5.74, 6) is 0.454. The maximum atomic E-state index is 6.13. The van der Waals surface area contributed by atoms with Gasteiger partial charge < -0.3 is 5.73 Å². The minimum atomic E-state index is 0.454. The van der Waals surface area contributed by atoms with Gasteiger partial charge in [-0.15, -0.1) is 0 Å². The van der Waals surface area contributed by atoms with Gasteiger partial charge in [-0.3, -0.25) is 4.40 Å². The Hall–Kier alpha value is -2.88. The van der Waals surface area contributed by atoms with Gasteiger partial charge in [0.05, 0.1) is 16.7 Å². The van der Waals surface area contributed by atoms with Gasteiger partial charge in [0.2, 0.25) is 0 Å². The van der Waals surface area contributed by atoms with Crippen molar-refractivity contribution in [3.05, 3.63) is 60.3 Å². The van der Waals surface area contributed by atoms with Crippen LogP contribution in [0, 0.1) is 6.92 Å². The minimum Gasteiger partial charge on any atom is -0.381 e. The molecule has 0 radical (unpaired) electrons. The molecular formula is C17H14N4. The molecule has 0 aliphatic rings. The van der Waals surface area contributed by atoms with Crippen LogP contribution >= 0.6 is 0 Å². The van der Waals surface area contributed by atoms with Crippen LogP contribution in [0.5, 0.6) is 0 Å². The maximum Gasteiger partial charge on any atom is 0.181 e. The Morgan fingerprint density at radius 1 is 0.905 bits per heavy atom. The van der Waals surface area contributed by atoms with Crippen molar-refractivity contribution >= 4 is 22.5 Å². The van der Waals surface area contributed by atoms with Crippen molar-refractivity contribution in [3.63, 3.8) is 0 Å². The number of anilines is 1. The Morgan fingerprint density at radius 2 is 1.62 bits per heavy atom. The van der Waals surface area contributed by atoms with Crippen LogP contribution < -0.4 is 5.73 Å². The maximum absolute atomic E-state index is 6.13. The highest BCUT2D eigenvalue weighted by Gasteiger charge is 2.14. The summed E-state index contributed by atoms with van der Waals surface area (Å²) < 4.78 is 2.08. The van der Waals surface area contributed by atoms with E-state index in [0.29, 0.717) is 11.5 Å². The largest absolute Gasteiger partial charge is 0.381 e. The van der Waals surface area contributed by atoms with E-state index in [4.69, 9.17) is 5.73 Å². The number of hydrogen-bond acceptors (Lipinski definition) is 3. The van der Waals surface area contributed by atoms with Crippen molar-refractivity contribution in [1.29, 1.82) is 0 Å². The monoisotopic (exact) mass is 274 g/mol. The summed E-state index contributed by atoms with van der Waals surface area (Å²) in [6.07, 6.45) is 0. The Labute approximate surface area is 121 Å². The highest BCUT2D eigenvalue weighted by Crippen LogP contribution is 2.28. The van der Waals surface area contributed by atoms with E-state index in [1.165, 1.54) is 0 Å². The summed E-state index contributed by atoms with van der Waals surface area (Å²) in [4.78, 5) is 9.15. The number of rotatable bonds is 1. The number of aryl methyl sites for hydroxylation is 1. The summed E-state index contributed by atoms with van der Waals surface area (Å²) >= 11 is 0. The first-order valence-electron chi connectivity index (χ1n) is 6.84. The molecular weight excluding hydrogens is 260 g/mol. The van der Waals surface area contributed by atoms with Crippen molar-refractivity contribution in [1.82, 2.24) is 14.4 Å². The lowest BCUT2D eigenvalue weighted by atomic mass is 10.1. The molecule has 2 heterocycles. The van der Waals surface area contributed by atoms with Crippen molar-refractivity contribution in [2.75, 3.05) is 5.73 Å². The zero-order valence-electron chi connectivity index (χ0n) is 11.6. The number of para-hydroxylation sites is 2. The van der Waals surface area contributed by atoms with E-state index in [1.54, 1.807) is 0 Å². The zero-order valence-corrected chi connectivity index (χ0v) is 11.6. The van der Waals surface area contributed by atoms with E-state index in [9.17, 15) is 0 Å². The molecule has 0 aliphatic heterocycles. The van der Waals surface area contributed by atoms with Crippen LogP contribution in [0.25, 0.3) is 27.9 Å². The Balaban J connectivity index is 2.16. The fraction of sp³-hybridized carbons (Fsp3) is 0.0588. The van der Waals surface area contributed by atoms with E-state index in [0.717, 1.165) is 28.0 Å². The normalized spacial score (nSPS) is 11.3. The van der Waals surface area contributed by atoms with E-state index in [-0.39, 0.29) is 0 Å². The third-order valence-electron chi connectivity index (χ3n) is 3.75. The van der Waals surface area contributed by atoms with Gasteiger partial charge in [-0.2, -0.15) is 0 Å². The second-order valence-electron chi connectivity index (χ2n) is 5.06. The van der Waals surface area contributed by atoms with Crippen molar-refractivity contribution in [3.8, 4) is 11.3 Å². The van der Waals surface area contributed by atoms with Crippen molar-refractivity contribution in [2.24, 2.45) is 0 Å². The molecule has 21 heavy (non-hydrogen) atoms. The summed E-state index contributed by atoms with van der Waals surface area (Å²) in [6.45, 7) is 2.05. The number of nitrogens with two attached hydrogens (primary N) is 1. The lowest BCUT2D eigenvalue weighted by Crippen LogP contribution is -2.03. The number of aromatic nitrogens is 3. The molecule has 0 fully saturated rings. The number of nitrogens with zero attached hydrogens (tertiary/aromatic N) is 3. The predicted molar refractivity (Wildman–Crippen MR) is 85.1 cm³/mol. The molecule has 0 saturated carbocycles. The van der Waals surface area contributed by atoms with E-state index in [2.05, 4.69) is 27.4 Å². The van der Waals surface area contributed by atoms with Gasteiger partial charge in [0, 0.05) is 11.3 Å². The average molecular weight is 274 g/mol. The first-order chi connectivity index (χ1) is 10.3. The summed E-state index contributed by atoms with van der Waals surface area (Å²) in [5.41, 5.74) is 11.8. The SMILES string of the molecule is Cc1c(-c2ccccc2)nc(N)c2nc3ccccc3n12. The van der Waals surface area contributed by atoms with Gasteiger partial charge in [0.1, 0.15) is 0 Å². The van der Waals surface area contributed by atoms with Crippen LogP contribution in [0.4, 0.5) is 5.82 Å². The number of hydrogen-bond donors (Lipinski definition) is 1. The van der Waals surface area contributed by atoms with Crippen LogP contribution in [0.3, 0.4) is 0 Å². The number of benzene rings is 2. The molecule has 4 heteroatoms. The van der Waals surface area contributed by atoms with Crippen molar-refractivity contribution in [2.45, 2.75) is 6.92 Å². The number of nitrogen functional groups attached to an aromatic ring is 1. The molecule has 0 amide bonds. The van der Waals surface area contributed by atoms with Gasteiger partial charge in [0.25, 0.3) is 0 Å². The van der Waals surface area contributed by atoms with Crippen LogP contribution in [0.2, 0.25) is 0 Å². The van der Waals surface area contributed by atoms with E-state index >= 15 is 0 Å². The average Bonchev–Trinajstić information content (AvgIpc) is 2.92. The van der Waals surface area contributed by atoms with Crippen LogP contribution in [0.1, 0.15) is 5.69 Å². The Bertz CT molecular complexity index is 955. The van der Waals surface area contributed by atoms with Gasteiger partial charge in [0.15, 0.2) is 11.5 Å². The fourth-order valence-corrected chi connectivity index (χ4v) is 2.76. The lowest BCUT2D eigenvalue weighted by Gasteiger charge is -2.10. The number of imidazole rings is 1. The first-order valence-corrected chi connectivity index (χ1v) is 6.84. The molecule has 0 atom stereocenters. The molecule has 4 rings (SSSR count). The lowest BCUT2D eigenvalue weighted by molar-refractivity contribution is 1.08. The third kappa shape index (κ3) is 1.69. The minimum absolute atomic E-state index is 0.454. The van der Waals surface area contributed by atoms with Gasteiger partial charge >= 0.3 is 0 Å². The second-order valence-corrected chi connectivity index (χ2v) is 5.06. The topological polar surface area (TPSA) is 56.2 Å². The highest BCUT2D eigenvalue weighted by molar-refractivity contribution is 5.85. The van der Waals surface area contributed by atoms with Crippen LogP contribution in [0.15, 0.2) is 54.6 Å². The molecule has 0 aliphatic carbocycles. The van der Waals surface area contributed by atoms with Crippen LogP contribution in [-0.2, 0) is 0 Å². The highest BCUT2D eigenvalue weighted by atomic mass is 15.1. The molecule has 102 valence electrons. The van der Waals surface area contributed by atoms with E-state index < -0.39 is 0 Å².